The summed E-state index contributed by atoms with van der Waals surface area (Å²) in [4.78, 5) is 30.2. The zero-order valence-corrected chi connectivity index (χ0v) is 12.7. The predicted octanol–water partition coefficient (Wildman–Crippen LogP) is -1.59. The van der Waals surface area contributed by atoms with Crippen LogP contribution in [0.3, 0.4) is 0 Å². The highest BCUT2D eigenvalue weighted by Crippen LogP contribution is 2.44. The molecule has 5 atom stereocenters. The Balaban J connectivity index is 1.90. The van der Waals surface area contributed by atoms with Gasteiger partial charge < -0.3 is 20.7 Å². The van der Waals surface area contributed by atoms with E-state index in [0.29, 0.717) is 0 Å². The molecule has 0 spiro atoms. The first-order valence-electron chi connectivity index (χ1n) is 6.58. The smallest absolute Gasteiger partial charge is 0.387 e. The summed E-state index contributed by atoms with van der Waals surface area (Å²) in [6, 6.07) is 0. The van der Waals surface area contributed by atoms with Crippen LogP contribution in [0.5, 0.6) is 0 Å². The third-order valence-corrected chi connectivity index (χ3v) is 3.93. The second kappa shape index (κ2) is 5.88. The molecule has 132 valence electrons. The number of nitrogen functional groups attached to an aromatic ring is 1. The van der Waals surface area contributed by atoms with Crippen LogP contribution in [-0.2, 0) is 13.8 Å². The van der Waals surface area contributed by atoms with Crippen LogP contribution in [0.15, 0.2) is 11.1 Å². The van der Waals surface area contributed by atoms with E-state index in [0.717, 1.165) is 10.9 Å². The van der Waals surface area contributed by atoms with Crippen molar-refractivity contribution < 1.29 is 33.1 Å². The lowest BCUT2D eigenvalue weighted by Gasteiger charge is -2.16. The number of nitrogens with one attached hydrogen (secondary N) is 1. The molecule has 1 saturated heterocycles. The molecule has 0 bridgehead atoms. The van der Waals surface area contributed by atoms with Gasteiger partial charge in [0, 0.05) is 0 Å². The highest BCUT2D eigenvalue weighted by Gasteiger charge is 2.45. The molecular formula is C10H13FN5O7P. The molecule has 2 aromatic rings. The van der Waals surface area contributed by atoms with Crippen LogP contribution in [0.25, 0.3) is 11.2 Å². The van der Waals surface area contributed by atoms with Gasteiger partial charge in [0.05, 0.1) is 12.9 Å². The maximum atomic E-state index is 12.5. The minimum atomic E-state index is -5.26. The van der Waals surface area contributed by atoms with Gasteiger partial charge in [-0.05, 0) is 0 Å². The second-order valence-corrected chi connectivity index (χ2v) is 6.23. The normalized spacial score (nSPS) is 29.8. The SMILES string of the molecule is Nc1nc2c(ncn2[C@@H]2O[C@H](COP(=O)(O)F)[C@@H](O)[C@H]2O)c(=O)[nH]1. The van der Waals surface area contributed by atoms with E-state index in [4.69, 9.17) is 15.4 Å². The first-order valence-corrected chi connectivity index (χ1v) is 8.05. The molecular weight excluding hydrogens is 352 g/mol. The Labute approximate surface area is 132 Å². The molecule has 3 rings (SSSR count). The topological polar surface area (TPSA) is 186 Å². The summed E-state index contributed by atoms with van der Waals surface area (Å²) in [6.45, 7) is -0.776. The maximum absolute atomic E-state index is 12.5. The van der Waals surface area contributed by atoms with Crippen molar-refractivity contribution in [2.45, 2.75) is 24.5 Å². The Hall–Kier alpha value is -1.89. The minimum Gasteiger partial charge on any atom is -0.387 e. The van der Waals surface area contributed by atoms with Crippen molar-refractivity contribution in [3.05, 3.63) is 16.7 Å². The van der Waals surface area contributed by atoms with Crippen LogP contribution >= 0.6 is 7.91 Å². The summed E-state index contributed by atoms with van der Waals surface area (Å²) >= 11 is 0. The van der Waals surface area contributed by atoms with E-state index >= 15 is 0 Å². The van der Waals surface area contributed by atoms with Crippen molar-refractivity contribution in [2.24, 2.45) is 0 Å². The standard InChI is InChI=1S/C10H13FN5O7P/c11-24(20,21)22-1-3-5(17)6(18)9(23-3)16-2-13-4-7(16)14-10(12)15-8(4)19/h2-3,5-6,9,17-18H,1H2,(H,20,21)(H3,12,14,15,19)/t3-,5-,6-,9-/m1/s1. The van der Waals surface area contributed by atoms with Crippen LogP contribution in [0.4, 0.5) is 10.1 Å². The molecule has 6 N–H and O–H groups in total. The first kappa shape index (κ1) is 17.0. The van der Waals surface area contributed by atoms with Gasteiger partial charge in [0.25, 0.3) is 5.56 Å². The van der Waals surface area contributed by atoms with Crippen molar-refractivity contribution in [3.63, 3.8) is 0 Å². The second-order valence-electron chi connectivity index (χ2n) is 5.07. The van der Waals surface area contributed by atoms with Gasteiger partial charge in [-0.2, -0.15) is 4.98 Å². The zero-order valence-electron chi connectivity index (χ0n) is 11.8. The maximum Gasteiger partial charge on any atom is 0.510 e. The highest BCUT2D eigenvalue weighted by molar-refractivity contribution is 7.46. The van der Waals surface area contributed by atoms with E-state index in [9.17, 15) is 23.8 Å². The van der Waals surface area contributed by atoms with E-state index in [-0.39, 0.29) is 17.1 Å². The summed E-state index contributed by atoms with van der Waals surface area (Å²) < 4.78 is 33.6. The number of hydrogen-bond acceptors (Lipinski definition) is 9. The molecule has 0 amide bonds. The van der Waals surface area contributed by atoms with Crippen LogP contribution < -0.4 is 11.3 Å². The van der Waals surface area contributed by atoms with Gasteiger partial charge in [0.15, 0.2) is 17.4 Å². The molecule has 0 radical (unpaired) electrons. The molecule has 2 aromatic heterocycles. The average Bonchev–Trinajstić information content (AvgIpc) is 3.00. The molecule has 1 fully saturated rings. The van der Waals surface area contributed by atoms with Gasteiger partial charge >= 0.3 is 7.91 Å². The van der Waals surface area contributed by atoms with Crippen molar-refractivity contribution in [2.75, 3.05) is 12.3 Å². The van der Waals surface area contributed by atoms with Crippen LogP contribution in [0.2, 0.25) is 0 Å². The van der Waals surface area contributed by atoms with Crippen LogP contribution in [0.1, 0.15) is 6.23 Å². The molecule has 0 saturated carbocycles. The molecule has 3 heterocycles. The number of aliphatic hydroxyl groups is 2. The summed E-state index contributed by atoms with van der Waals surface area (Å²) in [7, 11) is -5.26. The number of fused-ring (bicyclic) bond motifs is 1. The van der Waals surface area contributed by atoms with Gasteiger partial charge in [-0.1, -0.05) is 0 Å². The summed E-state index contributed by atoms with van der Waals surface area (Å²) in [6.07, 6.45) is -4.46. The van der Waals surface area contributed by atoms with Crippen molar-refractivity contribution in [3.8, 4) is 0 Å². The molecule has 1 aliphatic rings. The largest absolute Gasteiger partial charge is 0.510 e. The number of aromatic nitrogens is 4. The Morgan fingerprint density at radius 2 is 2.21 bits per heavy atom. The van der Waals surface area contributed by atoms with Crippen LogP contribution in [0, 0.1) is 0 Å². The molecule has 0 aliphatic carbocycles. The fourth-order valence-electron chi connectivity index (χ4n) is 2.39. The number of aliphatic hydroxyl groups excluding tert-OH is 2. The molecule has 1 aliphatic heterocycles. The highest BCUT2D eigenvalue weighted by atomic mass is 31.2. The number of nitrogens with zero attached hydrogens (tertiary/aromatic N) is 3. The lowest BCUT2D eigenvalue weighted by molar-refractivity contribution is -0.0495. The number of halogens is 1. The third-order valence-electron chi connectivity index (χ3n) is 3.46. The van der Waals surface area contributed by atoms with E-state index in [2.05, 4.69) is 19.5 Å². The summed E-state index contributed by atoms with van der Waals surface area (Å²) in [5, 5.41) is 20.0. The van der Waals surface area contributed by atoms with E-state index in [1.165, 1.54) is 0 Å². The third kappa shape index (κ3) is 3.05. The number of hydrogen-bond donors (Lipinski definition) is 5. The number of anilines is 1. The Kier molecular flexibility index (Phi) is 4.15. The number of ether oxygens (including phenoxy) is 1. The monoisotopic (exact) mass is 365 g/mol. The molecule has 1 unspecified atom stereocenters. The average molecular weight is 365 g/mol. The summed E-state index contributed by atoms with van der Waals surface area (Å²) in [5.74, 6) is -0.194. The minimum absolute atomic E-state index is 0.00705. The fourth-order valence-corrected chi connectivity index (χ4v) is 2.72. The Morgan fingerprint density at radius 1 is 1.50 bits per heavy atom. The van der Waals surface area contributed by atoms with E-state index in [1.807, 2.05) is 0 Å². The van der Waals surface area contributed by atoms with Crippen molar-refractivity contribution in [1.82, 2.24) is 19.5 Å². The zero-order chi connectivity index (χ0) is 17.6. The van der Waals surface area contributed by atoms with E-state index < -0.39 is 44.6 Å². The lowest BCUT2D eigenvalue weighted by atomic mass is 10.1. The lowest BCUT2D eigenvalue weighted by Crippen LogP contribution is -2.33. The molecule has 14 heteroatoms. The van der Waals surface area contributed by atoms with Crippen molar-refractivity contribution in [1.29, 1.82) is 0 Å². The number of imidazole rings is 1. The van der Waals surface area contributed by atoms with Gasteiger partial charge in [-0.3, -0.25) is 23.8 Å². The van der Waals surface area contributed by atoms with Gasteiger partial charge in [-0.25, -0.2) is 9.55 Å². The molecule has 24 heavy (non-hydrogen) atoms. The van der Waals surface area contributed by atoms with Crippen molar-refractivity contribution >= 4 is 25.0 Å². The predicted molar refractivity (Wildman–Crippen MR) is 75.4 cm³/mol. The number of H-pyrrole nitrogens is 1. The molecule has 0 aromatic carbocycles. The number of nitrogens with two attached hydrogens (primary N) is 1. The quantitative estimate of drug-likeness (QED) is 0.395. The number of aromatic amines is 1. The Bertz CT molecular complexity index is 865. The number of rotatable bonds is 4. The van der Waals surface area contributed by atoms with Crippen LogP contribution in [-0.4, -0.2) is 59.5 Å². The summed E-state index contributed by atoms with van der Waals surface area (Å²) in [5.41, 5.74) is 4.77. The van der Waals surface area contributed by atoms with Gasteiger partial charge in [-0.15, -0.1) is 4.20 Å². The molecule has 12 nitrogen and oxygen atoms in total. The van der Waals surface area contributed by atoms with Gasteiger partial charge in [0.1, 0.15) is 18.3 Å². The first-order chi connectivity index (χ1) is 11.2. The fraction of sp³-hybridized carbons (Fsp3) is 0.500. The van der Waals surface area contributed by atoms with Gasteiger partial charge in [0.2, 0.25) is 5.95 Å². The Morgan fingerprint density at radius 3 is 2.88 bits per heavy atom. The van der Waals surface area contributed by atoms with E-state index in [1.54, 1.807) is 0 Å².